The Bertz CT molecular complexity index is 1220. The van der Waals surface area contributed by atoms with Crippen molar-refractivity contribution in [2.24, 2.45) is 0 Å². The van der Waals surface area contributed by atoms with Crippen LogP contribution in [0, 0.1) is 0 Å². The number of nitrogens with zero attached hydrogens (tertiary/aromatic N) is 3. The SMILES string of the molecule is CCOCCCN(CC(=O)N(Cc1cccn1Cc1ccccc1)C1CCCCC1)C(=O)Nc1ccccc1OC. The molecule has 0 saturated heterocycles. The second-order valence-electron chi connectivity index (χ2n) is 10.5. The van der Waals surface area contributed by atoms with Gasteiger partial charge < -0.3 is 29.2 Å². The van der Waals surface area contributed by atoms with Crippen LogP contribution in [0.3, 0.4) is 0 Å². The van der Waals surface area contributed by atoms with Gasteiger partial charge in [-0.2, -0.15) is 0 Å². The molecule has 8 nitrogen and oxygen atoms in total. The molecule has 0 spiro atoms. The van der Waals surface area contributed by atoms with Crippen LogP contribution in [-0.4, -0.2) is 65.8 Å². The van der Waals surface area contributed by atoms with Gasteiger partial charge in [-0.3, -0.25) is 4.79 Å². The number of aromatic nitrogens is 1. The van der Waals surface area contributed by atoms with Crippen LogP contribution in [0.2, 0.25) is 0 Å². The summed E-state index contributed by atoms with van der Waals surface area (Å²) in [6, 6.07) is 21.6. The lowest BCUT2D eigenvalue weighted by Crippen LogP contribution is -2.48. The van der Waals surface area contributed by atoms with E-state index in [4.69, 9.17) is 9.47 Å². The van der Waals surface area contributed by atoms with Gasteiger partial charge >= 0.3 is 6.03 Å². The van der Waals surface area contributed by atoms with Crippen LogP contribution in [-0.2, 0) is 22.6 Å². The molecule has 41 heavy (non-hydrogen) atoms. The van der Waals surface area contributed by atoms with E-state index in [1.807, 2.05) is 48.2 Å². The third-order valence-electron chi connectivity index (χ3n) is 7.67. The summed E-state index contributed by atoms with van der Waals surface area (Å²) in [6.07, 6.45) is 8.13. The van der Waals surface area contributed by atoms with Crippen molar-refractivity contribution in [3.05, 3.63) is 84.2 Å². The summed E-state index contributed by atoms with van der Waals surface area (Å²) in [5.41, 5.74) is 2.88. The predicted octanol–water partition coefficient (Wildman–Crippen LogP) is 6.17. The molecule has 3 amide bonds. The topological polar surface area (TPSA) is 76.0 Å². The zero-order chi connectivity index (χ0) is 28.9. The minimum Gasteiger partial charge on any atom is -0.495 e. The van der Waals surface area contributed by atoms with Gasteiger partial charge in [0.05, 0.1) is 19.3 Å². The number of hydrogen-bond donors (Lipinski definition) is 1. The maximum absolute atomic E-state index is 14.1. The zero-order valence-electron chi connectivity index (χ0n) is 24.5. The molecule has 1 aliphatic rings. The van der Waals surface area contributed by atoms with Crippen LogP contribution in [0.1, 0.15) is 56.7 Å². The van der Waals surface area contributed by atoms with E-state index in [9.17, 15) is 9.59 Å². The van der Waals surface area contributed by atoms with Crippen molar-refractivity contribution in [2.75, 3.05) is 38.7 Å². The van der Waals surface area contributed by atoms with Crippen LogP contribution in [0.4, 0.5) is 10.5 Å². The number of hydrogen-bond acceptors (Lipinski definition) is 4. The van der Waals surface area contributed by atoms with Gasteiger partial charge in [-0.05, 0) is 56.0 Å². The summed E-state index contributed by atoms with van der Waals surface area (Å²) in [6.45, 7) is 4.78. The maximum Gasteiger partial charge on any atom is 0.322 e. The van der Waals surface area contributed by atoms with Crippen molar-refractivity contribution >= 4 is 17.6 Å². The van der Waals surface area contributed by atoms with Crippen LogP contribution < -0.4 is 10.1 Å². The summed E-state index contributed by atoms with van der Waals surface area (Å²) in [7, 11) is 1.57. The highest BCUT2D eigenvalue weighted by atomic mass is 16.5. The summed E-state index contributed by atoms with van der Waals surface area (Å²) in [4.78, 5) is 31.2. The molecule has 3 aromatic rings. The monoisotopic (exact) mass is 560 g/mol. The third-order valence-corrected chi connectivity index (χ3v) is 7.67. The Kier molecular flexibility index (Phi) is 11.7. The van der Waals surface area contributed by atoms with E-state index in [0.717, 1.165) is 37.9 Å². The number of urea groups is 1. The first-order valence-corrected chi connectivity index (χ1v) is 14.8. The molecule has 0 radical (unpaired) electrons. The molecule has 0 atom stereocenters. The van der Waals surface area contributed by atoms with Crippen LogP contribution in [0.25, 0.3) is 0 Å². The number of rotatable bonds is 14. The smallest absolute Gasteiger partial charge is 0.322 e. The second kappa shape index (κ2) is 15.9. The molecular formula is C33H44N4O4. The Hall–Kier alpha value is -3.78. The van der Waals surface area contributed by atoms with Crippen LogP contribution in [0.5, 0.6) is 5.75 Å². The van der Waals surface area contributed by atoms with E-state index in [1.54, 1.807) is 24.1 Å². The molecule has 0 bridgehead atoms. The van der Waals surface area contributed by atoms with Crippen LogP contribution >= 0.6 is 0 Å². The summed E-state index contributed by atoms with van der Waals surface area (Å²) in [5, 5.41) is 2.95. The number of carbonyl (C=O) groups excluding carboxylic acids is 2. The average Bonchev–Trinajstić information content (AvgIpc) is 3.44. The second-order valence-corrected chi connectivity index (χ2v) is 10.5. The molecule has 1 N–H and O–H groups in total. The highest BCUT2D eigenvalue weighted by Gasteiger charge is 2.29. The molecule has 1 aromatic heterocycles. The van der Waals surface area contributed by atoms with Crippen molar-refractivity contribution in [1.29, 1.82) is 0 Å². The Morgan fingerprint density at radius 1 is 0.976 bits per heavy atom. The number of ether oxygens (including phenoxy) is 2. The van der Waals surface area contributed by atoms with Gasteiger partial charge in [0.2, 0.25) is 5.91 Å². The molecule has 1 aliphatic carbocycles. The minimum absolute atomic E-state index is 0.00298. The molecule has 0 aliphatic heterocycles. The molecule has 1 fully saturated rings. The number of nitrogens with one attached hydrogen (secondary N) is 1. The fraction of sp³-hybridized carbons (Fsp3) is 0.455. The number of carbonyl (C=O) groups is 2. The van der Waals surface area contributed by atoms with Gasteiger partial charge in [-0.1, -0.05) is 61.7 Å². The van der Waals surface area contributed by atoms with E-state index in [0.29, 0.717) is 44.2 Å². The summed E-state index contributed by atoms with van der Waals surface area (Å²) >= 11 is 0. The highest BCUT2D eigenvalue weighted by Crippen LogP contribution is 2.26. The number of anilines is 1. The lowest BCUT2D eigenvalue weighted by Gasteiger charge is -2.36. The van der Waals surface area contributed by atoms with Crippen molar-refractivity contribution in [3.8, 4) is 5.75 Å². The van der Waals surface area contributed by atoms with E-state index in [-0.39, 0.29) is 24.5 Å². The zero-order valence-corrected chi connectivity index (χ0v) is 24.5. The van der Waals surface area contributed by atoms with Gasteiger partial charge in [0.1, 0.15) is 12.3 Å². The largest absolute Gasteiger partial charge is 0.495 e. The number of amides is 3. The first-order valence-electron chi connectivity index (χ1n) is 14.8. The van der Waals surface area contributed by atoms with Crippen molar-refractivity contribution in [2.45, 2.75) is 64.6 Å². The normalized spacial score (nSPS) is 13.5. The Morgan fingerprint density at radius 3 is 2.49 bits per heavy atom. The fourth-order valence-corrected chi connectivity index (χ4v) is 5.47. The van der Waals surface area contributed by atoms with Gasteiger partial charge in [-0.25, -0.2) is 4.79 Å². The average molecular weight is 561 g/mol. The summed E-state index contributed by atoms with van der Waals surface area (Å²) < 4.78 is 13.2. The molecule has 1 saturated carbocycles. The molecule has 1 heterocycles. The van der Waals surface area contributed by atoms with E-state index in [1.165, 1.54) is 12.0 Å². The Labute approximate surface area is 244 Å². The van der Waals surface area contributed by atoms with Crippen molar-refractivity contribution in [3.63, 3.8) is 0 Å². The number of methoxy groups -OCH3 is 1. The minimum atomic E-state index is -0.324. The lowest BCUT2D eigenvalue weighted by atomic mass is 9.94. The maximum atomic E-state index is 14.1. The van der Waals surface area contributed by atoms with E-state index in [2.05, 4.69) is 34.3 Å². The summed E-state index contributed by atoms with van der Waals surface area (Å²) in [5.74, 6) is 0.542. The predicted molar refractivity (Wildman–Crippen MR) is 162 cm³/mol. The molecule has 0 unspecified atom stereocenters. The van der Waals surface area contributed by atoms with Crippen LogP contribution in [0.15, 0.2) is 72.9 Å². The molecule has 220 valence electrons. The van der Waals surface area contributed by atoms with Crippen molar-refractivity contribution in [1.82, 2.24) is 14.4 Å². The molecule has 8 heteroatoms. The van der Waals surface area contributed by atoms with Crippen molar-refractivity contribution < 1.29 is 19.1 Å². The Morgan fingerprint density at radius 2 is 1.73 bits per heavy atom. The van der Waals surface area contributed by atoms with E-state index >= 15 is 0 Å². The lowest BCUT2D eigenvalue weighted by molar-refractivity contribution is -0.135. The van der Waals surface area contributed by atoms with Gasteiger partial charge in [-0.15, -0.1) is 0 Å². The third kappa shape index (κ3) is 8.85. The van der Waals surface area contributed by atoms with Gasteiger partial charge in [0.25, 0.3) is 0 Å². The molecular weight excluding hydrogens is 516 g/mol. The molecule has 2 aromatic carbocycles. The number of benzene rings is 2. The van der Waals surface area contributed by atoms with Gasteiger partial charge in [0, 0.05) is 44.2 Å². The standard InChI is InChI=1S/C33H44N4O4/c1-3-41-23-13-22-36(33(39)34-30-19-10-11-20-31(30)40-2)26-32(38)37(28-16-8-5-9-17-28)25-29-18-12-21-35(29)24-27-14-6-4-7-15-27/h4,6-7,10-12,14-15,18-21,28H,3,5,8-9,13,16-17,22-26H2,1-2H3,(H,34,39). The quantitative estimate of drug-likeness (QED) is 0.239. The fourth-order valence-electron chi connectivity index (χ4n) is 5.47. The Balaban J connectivity index is 1.52. The highest BCUT2D eigenvalue weighted by molar-refractivity contribution is 5.93. The molecule has 4 rings (SSSR count). The van der Waals surface area contributed by atoms with E-state index < -0.39 is 0 Å². The first kappa shape index (κ1) is 30.2. The number of para-hydroxylation sites is 2. The first-order chi connectivity index (χ1) is 20.1. The van der Waals surface area contributed by atoms with Gasteiger partial charge in [0.15, 0.2) is 0 Å².